The molecule has 0 aliphatic carbocycles. The normalized spacial score (nSPS) is 15.1. The maximum Gasteiger partial charge on any atom is 0.225 e. The van der Waals surface area contributed by atoms with Crippen molar-refractivity contribution in [3.63, 3.8) is 0 Å². The molecule has 1 N–H and O–H groups in total. The van der Waals surface area contributed by atoms with E-state index < -0.39 is 0 Å². The van der Waals surface area contributed by atoms with Crippen LogP contribution in [0.15, 0.2) is 42.7 Å². The summed E-state index contributed by atoms with van der Waals surface area (Å²) in [5.41, 5.74) is 2.27. The molecule has 0 radical (unpaired) electrons. The second-order valence-electron chi connectivity index (χ2n) is 5.83. The quantitative estimate of drug-likeness (QED) is 0.794. The van der Waals surface area contributed by atoms with Crippen LogP contribution in [0.1, 0.15) is 11.3 Å². The van der Waals surface area contributed by atoms with Gasteiger partial charge in [0.25, 0.3) is 0 Å². The molecule has 0 unspecified atom stereocenters. The summed E-state index contributed by atoms with van der Waals surface area (Å²) >= 11 is 0. The van der Waals surface area contributed by atoms with Crippen LogP contribution in [0.4, 0.5) is 5.95 Å². The maximum atomic E-state index is 9.92. The highest BCUT2D eigenvalue weighted by Gasteiger charge is 2.12. The minimum absolute atomic E-state index is 0.186. The van der Waals surface area contributed by atoms with E-state index in [9.17, 15) is 5.11 Å². The van der Waals surface area contributed by atoms with Crippen molar-refractivity contribution in [1.29, 1.82) is 0 Å². The van der Waals surface area contributed by atoms with Crippen molar-refractivity contribution in [3.05, 3.63) is 54.0 Å². The number of phenolic OH excluding ortho intramolecular Hbond substituents is 1. The van der Waals surface area contributed by atoms with E-state index in [1.165, 1.54) is 0 Å². The molecule has 0 saturated carbocycles. The molecule has 3 heterocycles. The number of aromatic hydroxyl groups is 1. The highest BCUT2D eigenvalue weighted by molar-refractivity contribution is 5.85. The van der Waals surface area contributed by atoms with E-state index in [1.807, 2.05) is 36.4 Å². The Morgan fingerprint density at radius 2 is 1.80 bits per heavy atom. The summed E-state index contributed by atoms with van der Waals surface area (Å²) in [5, 5.41) is 10.8. The lowest BCUT2D eigenvalue weighted by Crippen LogP contribution is -2.37. The summed E-state index contributed by atoms with van der Waals surface area (Å²) < 4.78 is 5.34. The molecular weight excluding hydrogens is 316 g/mol. The van der Waals surface area contributed by atoms with E-state index in [4.69, 9.17) is 4.74 Å². The zero-order valence-electron chi connectivity index (χ0n) is 13.7. The monoisotopic (exact) mass is 334 g/mol. The van der Waals surface area contributed by atoms with Crippen LogP contribution >= 0.6 is 0 Å². The molecule has 6 nitrogen and oxygen atoms in total. The average Bonchev–Trinajstić information content (AvgIpc) is 2.68. The van der Waals surface area contributed by atoms with Gasteiger partial charge in [0.05, 0.1) is 18.9 Å². The number of phenols is 1. The number of anilines is 1. The Labute approximate surface area is 145 Å². The fourth-order valence-electron chi connectivity index (χ4n) is 2.76. The number of morpholine rings is 1. The number of aromatic nitrogens is 3. The first kappa shape index (κ1) is 15.5. The van der Waals surface area contributed by atoms with Crippen molar-refractivity contribution in [1.82, 2.24) is 15.0 Å². The highest BCUT2D eigenvalue weighted by atomic mass is 16.5. The van der Waals surface area contributed by atoms with E-state index in [1.54, 1.807) is 18.5 Å². The summed E-state index contributed by atoms with van der Waals surface area (Å²) in [6, 6.07) is 9.23. The van der Waals surface area contributed by atoms with Gasteiger partial charge in [-0.25, -0.2) is 15.0 Å². The first-order chi connectivity index (χ1) is 12.3. The number of nitrogens with zero attached hydrogens (tertiary/aromatic N) is 4. The number of fused-ring (bicyclic) bond motifs is 1. The summed E-state index contributed by atoms with van der Waals surface area (Å²) in [7, 11) is 0. The number of rotatable bonds is 3. The molecule has 1 aromatic carbocycles. The molecule has 1 aliphatic rings. The Bertz CT molecular complexity index is 903. The van der Waals surface area contributed by atoms with Gasteiger partial charge in [-0.15, -0.1) is 0 Å². The molecule has 1 saturated heterocycles. The van der Waals surface area contributed by atoms with Gasteiger partial charge in [0.2, 0.25) is 5.95 Å². The Morgan fingerprint density at radius 1 is 1.00 bits per heavy atom. The summed E-state index contributed by atoms with van der Waals surface area (Å²) in [6.07, 6.45) is 7.40. The van der Waals surface area contributed by atoms with Crippen molar-refractivity contribution in [2.75, 3.05) is 31.2 Å². The van der Waals surface area contributed by atoms with Crippen LogP contribution in [0, 0.1) is 0 Å². The molecule has 25 heavy (non-hydrogen) atoms. The topological polar surface area (TPSA) is 71.4 Å². The van der Waals surface area contributed by atoms with Crippen LogP contribution in [-0.2, 0) is 4.74 Å². The van der Waals surface area contributed by atoms with E-state index in [0.717, 1.165) is 35.7 Å². The van der Waals surface area contributed by atoms with Gasteiger partial charge in [0.1, 0.15) is 11.3 Å². The van der Waals surface area contributed by atoms with Crippen LogP contribution in [-0.4, -0.2) is 46.4 Å². The van der Waals surface area contributed by atoms with Gasteiger partial charge in [-0.05, 0) is 24.3 Å². The maximum absolute atomic E-state index is 9.92. The number of ether oxygens (including phenoxy) is 1. The van der Waals surface area contributed by atoms with Gasteiger partial charge in [0, 0.05) is 36.4 Å². The molecule has 0 atom stereocenters. The molecule has 1 fully saturated rings. The smallest absolute Gasteiger partial charge is 0.225 e. The van der Waals surface area contributed by atoms with Crippen LogP contribution in [0.2, 0.25) is 0 Å². The lowest BCUT2D eigenvalue weighted by molar-refractivity contribution is 0.122. The van der Waals surface area contributed by atoms with E-state index in [2.05, 4.69) is 19.9 Å². The minimum atomic E-state index is 0.186. The molecule has 0 amide bonds. The van der Waals surface area contributed by atoms with Crippen molar-refractivity contribution >= 4 is 29.0 Å². The Balaban J connectivity index is 1.52. The van der Waals surface area contributed by atoms with E-state index >= 15 is 0 Å². The molecule has 126 valence electrons. The van der Waals surface area contributed by atoms with Gasteiger partial charge in [-0.3, -0.25) is 0 Å². The molecule has 1 aliphatic heterocycles. The lowest BCUT2D eigenvalue weighted by Gasteiger charge is -2.26. The largest absolute Gasteiger partial charge is 0.506 e. The molecule has 0 bridgehead atoms. The minimum Gasteiger partial charge on any atom is -0.506 e. The van der Waals surface area contributed by atoms with Gasteiger partial charge in [-0.2, -0.15) is 0 Å². The number of hydrogen-bond acceptors (Lipinski definition) is 6. The number of hydrogen-bond donors (Lipinski definition) is 1. The van der Waals surface area contributed by atoms with Gasteiger partial charge in [0.15, 0.2) is 0 Å². The third kappa shape index (κ3) is 3.44. The van der Waals surface area contributed by atoms with Crippen molar-refractivity contribution < 1.29 is 9.84 Å². The summed E-state index contributed by atoms with van der Waals surface area (Å²) in [4.78, 5) is 15.4. The third-order valence-electron chi connectivity index (χ3n) is 4.12. The van der Waals surface area contributed by atoms with Crippen LogP contribution in [0.25, 0.3) is 23.1 Å². The second-order valence-corrected chi connectivity index (χ2v) is 5.83. The van der Waals surface area contributed by atoms with Crippen LogP contribution < -0.4 is 4.90 Å². The third-order valence-corrected chi connectivity index (χ3v) is 4.12. The number of pyridine rings is 1. The van der Waals surface area contributed by atoms with E-state index in [-0.39, 0.29) is 5.75 Å². The lowest BCUT2D eigenvalue weighted by atomic mass is 10.2. The molecule has 3 aromatic rings. The predicted molar refractivity (Wildman–Crippen MR) is 97.4 cm³/mol. The molecule has 2 aromatic heterocycles. The predicted octanol–water partition coefficient (Wildman–Crippen LogP) is 2.74. The molecule has 4 rings (SSSR count). The first-order valence-electron chi connectivity index (χ1n) is 8.21. The van der Waals surface area contributed by atoms with Gasteiger partial charge in [-0.1, -0.05) is 18.2 Å². The van der Waals surface area contributed by atoms with Crippen molar-refractivity contribution in [3.8, 4) is 5.75 Å². The second kappa shape index (κ2) is 6.86. The number of para-hydroxylation sites is 1. The highest BCUT2D eigenvalue weighted by Crippen LogP contribution is 2.23. The Kier molecular flexibility index (Phi) is 4.26. The van der Waals surface area contributed by atoms with Crippen LogP contribution in [0.3, 0.4) is 0 Å². The Morgan fingerprint density at radius 3 is 2.60 bits per heavy atom. The van der Waals surface area contributed by atoms with Gasteiger partial charge < -0.3 is 14.7 Å². The van der Waals surface area contributed by atoms with Gasteiger partial charge >= 0.3 is 0 Å². The summed E-state index contributed by atoms with van der Waals surface area (Å²) in [6.45, 7) is 3.07. The molecule has 6 heteroatoms. The molecule has 0 spiro atoms. The fourth-order valence-corrected chi connectivity index (χ4v) is 2.76. The van der Waals surface area contributed by atoms with Crippen molar-refractivity contribution in [2.24, 2.45) is 0 Å². The fraction of sp³-hybridized carbons (Fsp3) is 0.211. The zero-order chi connectivity index (χ0) is 17.1. The van der Waals surface area contributed by atoms with Crippen molar-refractivity contribution in [2.45, 2.75) is 0 Å². The molecular formula is C19H18N4O2. The standard InChI is InChI=1S/C19H18N4O2/c24-17-3-1-2-15-5-7-16(22-18(15)17)6-4-14-12-20-19(21-13-14)23-8-10-25-11-9-23/h1-7,12-13,24H,8-11H2. The SMILES string of the molecule is Oc1cccc2ccc(C=Cc3cnc(N4CCOCC4)nc3)nc12. The van der Waals surface area contributed by atoms with Crippen LogP contribution in [0.5, 0.6) is 5.75 Å². The number of benzene rings is 1. The summed E-state index contributed by atoms with van der Waals surface area (Å²) in [5.74, 6) is 0.917. The first-order valence-corrected chi connectivity index (χ1v) is 8.21. The van der Waals surface area contributed by atoms with E-state index in [0.29, 0.717) is 18.7 Å². The zero-order valence-corrected chi connectivity index (χ0v) is 13.7. The average molecular weight is 334 g/mol. The Hall–Kier alpha value is -2.99.